The lowest BCUT2D eigenvalue weighted by molar-refractivity contribution is 0.284. The Labute approximate surface area is 98.5 Å². The molecule has 1 unspecified atom stereocenters. The summed E-state index contributed by atoms with van der Waals surface area (Å²) < 4.78 is 0. The Morgan fingerprint density at radius 3 is 2.62 bits per heavy atom. The Kier molecular flexibility index (Phi) is 6.37. The van der Waals surface area contributed by atoms with Gasteiger partial charge in [-0.25, -0.2) is 0 Å². The lowest BCUT2D eigenvalue weighted by atomic mass is 9.96. The van der Waals surface area contributed by atoms with E-state index in [-0.39, 0.29) is 12.5 Å². The van der Waals surface area contributed by atoms with E-state index < -0.39 is 0 Å². The minimum absolute atomic E-state index is 0.183. The van der Waals surface area contributed by atoms with E-state index in [0.717, 1.165) is 19.3 Å². The molecule has 1 rings (SSSR count). The first-order chi connectivity index (χ1) is 7.88. The second-order valence-electron chi connectivity index (χ2n) is 3.90. The molecule has 0 aliphatic carbocycles. The zero-order valence-electron chi connectivity index (χ0n) is 9.95. The first-order valence-electron chi connectivity index (χ1n) is 6.02. The molecular weight excluding hydrogens is 196 g/mol. The Hall–Kier alpha value is -1.26. The van der Waals surface area contributed by atoms with E-state index in [2.05, 4.69) is 30.9 Å². The van der Waals surface area contributed by atoms with Gasteiger partial charge in [0.25, 0.3) is 0 Å². The van der Waals surface area contributed by atoms with E-state index in [1.165, 1.54) is 12.0 Å². The topological polar surface area (TPSA) is 20.2 Å². The normalized spacial score (nSPS) is 11.6. The van der Waals surface area contributed by atoms with Crippen LogP contribution in [-0.4, -0.2) is 11.7 Å². The summed E-state index contributed by atoms with van der Waals surface area (Å²) in [4.78, 5) is 0. The van der Waals surface area contributed by atoms with Gasteiger partial charge < -0.3 is 5.11 Å². The van der Waals surface area contributed by atoms with E-state index in [4.69, 9.17) is 5.11 Å². The number of aliphatic hydroxyl groups is 1. The Morgan fingerprint density at radius 2 is 2.00 bits per heavy atom. The molecule has 1 aromatic rings. The second-order valence-corrected chi connectivity index (χ2v) is 3.90. The lowest BCUT2D eigenvalue weighted by Crippen LogP contribution is -1.98. The molecule has 86 valence electrons. The fourth-order valence-electron chi connectivity index (χ4n) is 1.60. The van der Waals surface area contributed by atoms with Crippen molar-refractivity contribution < 1.29 is 5.11 Å². The number of rotatable bonds is 5. The SMILES string of the molecule is CCCCC#CC(CCO)c1ccccc1. The largest absolute Gasteiger partial charge is 0.396 e. The molecule has 0 aromatic heterocycles. The summed E-state index contributed by atoms with van der Waals surface area (Å²) in [6.45, 7) is 2.37. The van der Waals surface area contributed by atoms with E-state index >= 15 is 0 Å². The van der Waals surface area contributed by atoms with Gasteiger partial charge in [-0.1, -0.05) is 49.6 Å². The summed E-state index contributed by atoms with van der Waals surface area (Å²) in [5.74, 6) is 6.65. The molecule has 16 heavy (non-hydrogen) atoms. The van der Waals surface area contributed by atoms with Gasteiger partial charge in [0, 0.05) is 18.9 Å². The standard InChI is InChI=1S/C15H20O/c1-2-3-4-6-11-15(12-13-16)14-9-7-5-8-10-14/h5,7-10,15-16H,2-4,12-13H2,1H3. The van der Waals surface area contributed by atoms with Crippen LogP contribution in [0.3, 0.4) is 0 Å². The van der Waals surface area contributed by atoms with Gasteiger partial charge in [-0.2, -0.15) is 0 Å². The highest BCUT2D eigenvalue weighted by molar-refractivity contribution is 5.27. The van der Waals surface area contributed by atoms with Gasteiger partial charge in [0.1, 0.15) is 0 Å². The van der Waals surface area contributed by atoms with Crippen molar-refractivity contribution >= 4 is 0 Å². The molecular formula is C15H20O. The summed E-state index contributed by atoms with van der Waals surface area (Å²) in [7, 11) is 0. The molecule has 0 amide bonds. The van der Waals surface area contributed by atoms with Crippen LogP contribution in [0.5, 0.6) is 0 Å². The van der Waals surface area contributed by atoms with E-state index in [1.54, 1.807) is 0 Å². The summed E-state index contributed by atoms with van der Waals surface area (Å²) in [5, 5.41) is 9.03. The van der Waals surface area contributed by atoms with Crippen LogP contribution in [0.15, 0.2) is 30.3 Å². The maximum atomic E-state index is 9.03. The van der Waals surface area contributed by atoms with E-state index in [9.17, 15) is 0 Å². The molecule has 0 aliphatic heterocycles. The Morgan fingerprint density at radius 1 is 1.25 bits per heavy atom. The fraction of sp³-hybridized carbons (Fsp3) is 0.467. The van der Waals surface area contributed by atoms with Gasteiger partial charge in [0.15, 0.2) is 0 Å². The molecule has 1 aromatic carbocycles. The fourth-order valence-corrected chi connectivity index (χ4v) is 1.60. The minimum atomic E-state index is 0.183. The van der Waals surface area contributed by atoms with Crippen LogP contribution in [0.25, 0.3) is 0 Å². The zero-order chi connectivity index (χ0) is 11.6. The van der Waals surface area contributed by atoms with Crippen molar-refractivity contribution in [3.05, 3.63) is 35.9 Å². The average Bonchev–Trinajstić information content (AvgIpc) is 2.34. The van der Waals surface area contributed by atoms with Gasteiger partial charge >= 0.3 is 0 Å². The number of benzene rings is 1. The Bertz CT molecular complexity index is 331. The minimum Gasteiger partial charge on any atom is -0.396 e. The average molecular weight is 216 g/mol. The molecule has 0 fully saturated rings. The van der Waals surface area contributed by atoms with Gasteiger partial charge in [-0.05, 0) is 18.4 Å². The van der Waals surface area contributed by atoms with Gasteiger partial charge in [0.05, 0.1) is 0 Å². The molecule has 0 heterocycles. The van der Waals surface area contributed by atoms with Crippen LogP contribution in [0, 0.1) is 11.8 Å². The van der Waals surface area contributed by atoms with Crippen molar-refractivity contribution in [1.82, 2.24) is 0 Å². The summed E-state index contributed by atoms with van der Waals surface area (Å²) in [5.41, 5.74) is 1.21. The quantitative estimate of drug-likeness (QED) is 0.591. The number of hydrogen-bond acceptors (Lipinski definition) is 1. The van der Waals surface area contributed by atoms with Crippen molar-refractivity contribution in [2.75, 3.05) is 6.61 Å². The number of unbranched alkanes of at least 4 members (excludes halogenated alkanes) is 2. The highest BCUT2D eigenvalue weighted by Gasteiger charge is 2.06. The van der Waals surface area contributed by atoms with Crippen LogP contribution < -0.4 is 0 Å². The van der Waals surface area contributed by atoms with Crippen molar-refractivity contribution in [2.24, 2.45) is 0 Å². The van der Waals surface area contributed by atoms with Gasteiger partial charge in [0.2, 0.25) is 0 Å². The van der Waals surface area contributed by atoms with E-state index in [0.29, 0.717) is 0 Å². The first-order valence-corrected chi connectivity index (χ1v) is 6.02. The summed E-state index contributed by atoms with van der Waals surface area (Å²) in [6, 6.07) is 10.2. The highest BCUT2D eigenvalue weighted by atomic mass is 16.3. The number of aliphatic hydroxyl groups excluding tert-OH is 1. The van der Waals surface area contributed by atoms with Crippen molar-refractivity contribution in [3.8, 4) is 11.8 Å². The first kappa shape index (κ1) is 12.8. The molecule has 0 spiro atoms. The van der Waals surface area contributed by atoms with Crippen LogP contribution >= 0.6 is 0 Å². The smallest absolute Gasteiger partial charge is 0.0474 e. The predicted octanol–water partition coefficient (Wildman–Crippen LogP) is 3.35. The van der Waals surface area contributed by atoms with Crippen molar-refractivity contribution in [1.29, 1.82) is 0 Å². The van der Waals surface area contributed by atoms with Gasteiger partial charge in [-0.3, -0.25) is 0 Å². The molecule has 1 N–H and O–H groups in total. The Balaban J connectivity index is 2.63. The molecule has 1 heteroatoms. The van der Waals surface area contributed by atoms with Crippen molar-refractivity contribution in [3.63, 3.8) is 0 Å². The van der Waals surface area contributed by atoms with Crippen molar-refractivity contribution in [2.45, 2.75) is 38.5 Å². The van der Waals surface area contributed by atoms with Crippen LogP contribution in [0.2, 0.25) is 0 Å². The molecule has 0 saturated heterocycles. The molecule has 0 bridgehead atoms. The second kappa shape index (κ2) is 7.96. The molecule has 0 aliphatic rings. The van der Waals surface area contributed by atoms with Crippen LogP contribution in [-0.2, 0) is 0 Å². The van der Waals surface area contributed by atoms with Crippen LogP contribution in [0.4, 0.5) is 0 Å². The summed E-state index contributed by atoms with van der Waals surface area (Å²) >= 11 is 0. The molecule has 1 nitrogen and oxygen atoms in total. The highest BCUT2D eigenvalue weighted by Crippen LogP contribution is 2.17. The molecule has 1 atom stereocenters. The van der Waals surface area contributed by atoms with Gasteiger partial charge in [-0.15, -0.1) is 5.92 Å². The molecule has 0 radical (unpaired) electrons. The third kappa shape index (κ3) is 4.51. The summed E-state index contributed by atoms with van der Waals surface area (Å²) in [6.07, 6.45) is 4.03. The molecule has 0 saturated carbocycles. The van der Waals surface area contributed by atoms with E-state index in [1.807, 2.05) is 18.2 Å². The maximum Gasteiger partial charge on any atom is 0.0474 e. The monoisotopic (exact) mass is 216 g/mol. The zero-order valence-corrected chi connectivity index (χ0v) is 9.95. The predicted molar refractivity (Wildman–Crippen MR) is 68.2 cm³/mol. The maximum absolute atomic E-state index is 9.03. The third-order valence-corrected chi connectivity index (χ3v) is 2.55. The lowest BCUT2D eigenvalue weighted by Gasteiger charge is -2.08. The van der Waals surface area contributed by atoms with Crippen LogP contribution in [0.1, 0.15) is 44.1 Å². The number of hydrogen-bond donors (Lipinski definition) is 1. The third-order valence-electron chi connectivity index (χ3n) is 2.55.